The first-order valence-electron chi connectivity index (χ1n) is 4.23. The van der Waals surface area contributed by atoms with Crippen LogP contribution >= 0.6 is 11.6 Å². The summed E-state index contributed by atoms with van der Waals surface area (Å²) >= 11 is 5.90. The van der Waals surface area contributed by atoms with E-state index >= 15 is 0 Å². The number of Topliss-reactive ketones (excluding diaryl/α,β-unsaturated/α-hetero) is 1. The van der Waals surface area contributed by atoms with Gasteiger partial charge in [0.1, 0.15) is 5.69 Å². The van der Waals surface area contributed by atoms with Crippen molar-refractivity contribution in [2.75, 3.05) is 7.11 Å². The smallest absolute Gasteiger partial charge is 0.339 e. The van der Waals surface area contributed by atoms with Crippen molar-refractivity contribution in [3.63, 3.8) is 0 Å². The van der Waals surface area contributed by atoms with Crippen molar-refractivity contribution < 1.29 is 14.3 Å². The number of ketones is 1. The van der Waals surface area contributed by atoms with E-state index in [1.165, 1.54) is 20.2 Å². The number of hydrogen-bond acceptors (Lipinski definition) is 4. The van der Waals surface area contributed by atoms with Gasteiger partial charge in [0.25, 0.3) is 0 Å². The summed E-state index contributed by atoms with van der Waals surface area (Å²) < 4.78 is 4.57. The number of carbonyl (C=O) groups excluding carboxylic acids is 2. The number of esters is 1. The van der Waals surface area contributed by atoms with E-state index in [1.54, 1.807) is 6.92 Å². The van der Waals surface area contributed by atoms with Crippen molar-refractivity contribution >= 4 is 23.4 Å². The fourth-order valence-electron chi connectivity index (χ4n) is 1.17. The zero-order chi connectivity index (χ0) is 11.6. The van der Waals surface area contributed by atoms with Crippen LogP contribution < -0.4 is 0 Å². The minimum atomic E-state index is -0.567. The molecule has 0 saturated heterocycles. The number of ether oxygens (including phenoxy) is 1. The molecule has 0 unspecified atom stereocenters. The van der Waals surface area contributed by atoms with Gasteiger partial charge in [0, 0.05) is 13.1 Å². The third-order valence-corrected chi connectivity index (χ3v) is 2.30. The Hall–Kier alpha value is -1.42. The Labute approximate surface area is 92.2 Å². The Bertz CT molecular complexity index is 429. The fourth-order valence-corrected chi connectivity index (χ4v) is 1.58. The zero-order valence-corrected chi connectivity index (χ0v) is 9.38. The van der Waals surface area contributed by atoms with Crippen molar-refractivity contribution in [1.82, 2.24) is 4.98 Å². The van der Waals surface area contributed by atoms with E-state index < -0.39 is 5.97 Å². The van der Waals surface area contributed by atoms with Gasteiger partial charge in [-0.1, -0.05) is 11.6 Å². The minimum Gasteiger partial charge on any atom is -0.465 e. The summed E-state index contributed by atoms with van der Waals surface area (Å²) in [6, 6.07) is 0. The summed E-state index contributed by atoms with van der Waals surface area (Å²) in [6.07, 6.45) is 1.43. The first-order valence-corrected chi connectivity index (χ1v) is 4.61. The number of pyridine rings is 1. The molecule has 1 heterocycles. The van der Waals surface area contributed by atoms with Gasteiger partial charge in [0.2, 0.25) is 0 Å². The van der Waals surface area contributed by atoms with Crippen molar-refractivity contribution in [2.45, 2.75) is 13.8 Å². The highest BCUT2D eigenvalue weighted by Gasteiger charge is 2.19. The second-order valence-corrected chi connectivity index (χ2v) is 3.40. The van der Waals surface area contributed by atoms with Crippen LogP contribution in [-0.4, -0.2) is 23.8 Å². The van der Waals surface area contributed by atoms with Crippen LogP contribution in [0.1, 0.15) is 33.3 Å². The van der Waals surface area contributed by atoms with Crippen LogP contribution in [0.4, 0.5) is 0 Å². The Balaban J connectivity index is 3.43. The SMILES string of the molecule is COC(=O)c1c(C)cnc(C(C)=O)c1Cl. The van der Waals surface area contributed by atoms with Crippen LogP contribution in [-0.2, 0) is 4.74 Å². The summed E-state index contributed by atoms with van der Waals surface area (Å²) in [7, 11) is 1.26. The van der Waals surface area contributed by atoms with Gasteiger partial charge in [-0.2, -0.15) is 0 Å². The molecule has 0 N–H and O–H groups in total. The lowest BCUT2D eigenvalue weighted by Gasteiger charge is -2.07. The number of hydrogen-bond donors (Lipinski definition) is 0. The van der Waals surface area contributed by atoms with Gasteiger partial charge < -0.3 is 4.74 Å². The molecule has 0 fully saturated rings. The maximum Gasteiger partial charge on any atom is 0.339 e. The normalized spacial score (nSPS) is 9.87. The lowest BCUT2D eigenvalue weighted by atomic mass is 10.1. The Kier molecular flexibility index (Phi) is 3.42. The third-order valence-electron chi connectivity index (χ3n) is 1.93. The summed E-state index contributed by atoms with van der Waals surface area (Å²) in [4.78, 5) is 26.4. The molecule has 1 aromatic rings. The average molecular weight is 228 g/mol. The minimum absolute atomic E-state index is 0.0503. The fraction of sp³-hybridized carbons (Fsp3) is 0.300. The molecule has 0 aromatic carbocycles. The molecule has 1 rings (SSSR count). The molecule has 0 amide bonds. The molecule has 0 bridgehead atoms. The van der Waals surface area contributed by atoms with Crippen molar-refractivity contribution in [3.05, 3.63) is 28.0 Å². The molecule has 4 nitrogen and oxygen atoms in total. The van der Waals surface area contributed by atoms with Gasteiger partial charge in [-0.15, -0.1) is 0 Å². The summed E-state index contributed by atoms with van der Waals surface area (Å²) in [5, 5.41) is 0.0503. The van der Waals surface area contributed by atoms with Crippen LogP contribution in [0.2, 0.25) is 5.02 Å². The predicted molar refractivity (Wildman–Crippen MR) is 55.3 cm³/mol. The molecule has 0 aliphatic carbocycles. The molecule has 0 radical (unpaired) electrons. The monoisotopic (exact) mass is 227 g/mol. The summed E-state index contributed by atoms with van der Waals surface area (Å²) in [5.74, 6) is -0.854. The topological polar surface area (TPSA) is 56.3 Å². The van der Waals surface area contributed by atoms with E-state index in [9.17, 15) is 9.59 Å². The molecule has 0 aliphatic heterocycles. The van der Waals surface area contributed by atoms with E-state index in [0.29, 0.717) is 5.56 Å². The highest BCUT2D eigenvalue weighted by Crippen LogP contribution is 2.23. The number of methoxy groups -OCH3 is 1. The number of nitrogens with zero attached hydrogens (tertiary/aromatic N) is 1. The number of carbonyl (C=O) groups is 2. The highest BCUT2D eigenvalue weighted by atomic mass is 35.5. The predicted octanol–water partition coefficient (Wildman–Crippen LogP) is 2.03. The first kappa shape index (κ1) is 11.7. The van der Waals surface area contributed by atoms with Gasteiger partial charge >= 0.3 is 5.97 Å². The van der Waals surface area contributed by atoms with Crippen LogP contribution in [0.15, 0.2) is 6.20 Å². The molecular weight excluding hydrogens is 218 g/mol. The maximum atomic E-state index is 11.4. The molecule has 15 heavy (non-hydrogen) atoms. The van der Waals surface area contributed by atoms with E-state index in [-0.39, 0.29) is 22.1 Å². The molecule has 0 saturated carbocycles. The number of aromatic nitrogens is 1. The Morgan fingerprint density at radius 2 is 2.07 bits per heavy atom. The molecule has 0 spiro atoms. The largest absolute Gasteiger partial charge is 0.465 e. The third kappa shape index (κ3) is 2.15. The average Bonchev–Trinajstić information content (AvgIpc) is 2.16. The molecule has 5 heteroatoms. The highest BCUT2D eigenvalue weighted by molar-refractivity contribution is 6.36. The number of rotatable bonds is 2. The van der Waals surface area contributed by atoms with E-state index in [4.69, 9.17) is 11.6 Å². The summed E-state index contributed by atoms with van der Waals surface area (Å²) in [6.45, 7) is 3.01. The molecule has 0 aliphatic rings. The van der Waals surface area contributed by atoms with Gasteiger partial charge in [-0.3, -0.25) is 9.78 Å². The second kappa shape index (κ2) is 4.40. The van der Waals surface area contributed by atoms with Crippen LogP contribution in [0.25, 0.3) is 0 Å². The van der Waals surface area contributed by atoms with Gasteiger partial charge in [-0.05, 0) is 12.5 Å². The van der Waals surface area contributed by atoms with E-state index in [0.717, 1.165) is 0 Å². The van der Waals surface area contributed by atoms with Crippen LogP contribution in [0, 0.1) is 6.92 Å². The lowest BCUT2D eigenvalue weighted by Crippen LogP contribution is -2.09. The maximum absolute atomic E-state index is 11.4. The number of aryl methyl sites for hydroxylation is 1. The van der Waals surface area contributed by atoms with Gasteiger partial charge in [0.15, 0.2) is 5.78 Å². The zero-order valence-electron chi connectivity index (χ0n) is 8.63. The lowest BCUT2D eigenvalue weighted by molar-refractivity contribution is 0.0600. The summed E-state index contributed by atoms with van der Waals surface area (Å²) in [5.41, 5.74) is 0.860. The molecule has 80 valence electrons. The molecule has 1 aromatic heterocycles. The van der Waals surface area contributed by atoms with Crippen molar-refractivity contribution in [3.8, 4) is 0 Å². The van der Waals surface area contributed by atoms with Crippen molar-refractivity contribution in [1.29, 1.82) is 0 Å². The van der Waals surface area contributed by atoms with E-state index in [2.05, 4.69) is 9.72 Å². The van der Waals surface area contributed by atoms with Crippen LogP contribution in [0.5, 0.6) is 0 Å². The quantitative estimate of drug-likeness (QED) is 0.573. The molecule has 0 atom stereocenters. The Morgan fingerprint density at radius 3 is 2.53 bits per heavy atom. The van der Waals surface area contributed by atoms with Gasteiger partial charge in [-0.25, -0.2) is 4.79 Å². The first-order chi connectivity index (χ1) is 6.99. The molecular formula is C10H10ClNO3. The number of halogens is 1. The van der Waals surface area contributed by atoms with E-state index in [1.807, 2.05) is 0 Å². The van der Waals surface area contributed by atoms with Crippen molar-refractivity contribution in [2.24, 2.45) is 0 Å². The Morgan fingerprint density at radius 1 is 1.47 bits per heavy atom. The second-order valence-electron chi connectivity index (χ2n) is 3.03. The van der Waals surface area contributed by atoms with Gasteiger partial charge in [0.05, 0.1) is 17.7 Å². The van der Waals surface area contributed by atoms with Crippen LogP contribution in [0.3, 0.4) is 0 Å². The standard InChI is InChI=1S/C10H10ClNO3/c1-5-4-12-9(6(2)13)8(11)7(5)10(14)15-3/h4H,1-3H3.